The van der Waals surface area contributed by atoms with Gasteiger partial charge in [0.1, 0.15) is 5.75 Å². The van der Waals surface area contributed by atoms with Crippen LogP contribution in [0.1, 0.15) is 23.6 Å². The number of nitrogens with zero attached hydrogens (tertiary/aromatic N) is 1. The van der Waals surface area contributed by atoms with E-state index in [0.29, 0.717) is 17.4 Å². The van der Waals surface area contributed by atoms with E-state index in [1.54, 1.807) is 6.08 Å². The summed E-state index contributed by atoms with van der Waals surface area (Å²) in [6.45, 7) is 4.75. The first-order valence-electron chi connectivity index (χ1n) is 9.17. The molecule has 2 aliphatic rings. The number of rotatable bonds is 2. The Balaban J connectivity index is 1.65. The molecule has 0 radical (unpaired) electrons. The quantitative estimate of drug-likeness (QED) is 0.820. The predicted molar refractivity (Wildman–Crippen MR) is 102 cm³/mol. The average molecular weight is 390 g/mol. The number of fused-ring (bicyclic) bond motifs is 1. The molecule has 148 valence electrons. The van der Waals surface area contributed by atoms with Crippen molar-refractivity contribution in [3.63, 3.8) is 0 Å². The molecule has 2 N–H and O–H groups in total. The standard InChI is InChI=1S/C21H21F3N2O2/c1-13-12-26(8-7-25-13)17-6-5-15-10-18(20(27)28-19(15)11-17)14-3-2-4-16(9-14)21(22,23)24/h2-6,9-11,13,20,25,27H,7-8,12H2,1H3/t13-,20?/m0/s1. The van der Waals surface area contributed by atoms with Crippen molar-refractivity contribution < 1.29 is 23.0 Å². The van der Waals surface area contributed by atoms with Gasteiger partial charge in [0, 0.05) is 48.6 Å². The second kappa shape index (κ2) is 7.14. The van der Waals surface area contributed by atoms with Crippen LogP contribution in [0.3, 0.4) is 0 Å². The lowest BCUT2D eigenvalue weighted by Gasteiger charge is -2.34. The summed E-state index contributed by atoms with van der Waals surface area (Å²) in [5, 5.41) is 13.8. The molecule has 2 aliphatic heterocycles. The summed E-state index contributed by atoms with van der Waals surface area (Å²) in [7, 11) is 0. The number of anilines is 1. The van der Waals surface area contributed by atoms with Gasteiger partial charge in [-0.05, 0) is 42.8 Å². The van der Waals surface area contributed by atoms with Gasteiger partial charge in [-0.2, -0.15) is 13.2 Å². The Morgan fingerprint density at radius 2 is 2.00 bits per heavy atom. The third kappa shape index (κ3) is 3.72. The highest BCUT2D eigenvalue weighted by Crippen LogP contribution is 2.38. The molecule has 0 bridgehead atoms. The van der Waals surface area contributed by atoms with E-state index in [1.165, 1.54) is 12.1 Å². The number of alkyl halides is 3. The maximum Gasteiger partial charge on any atom is 0.416 e. The molecule has 0 aromatic heterocycles. The lowest BCUT2D eigenvalue weighted by Crippen LogP contribution is -2.49. The van der Waals surface area contributed by atoms with Crippen molar-refractivity contribution in [1.29, 1.82) is 0 Å². The summed E-state index contributed by atoms with van der Waals surface area (Å²) in [5.74, 6) is 0.520. The molecule has 2 aromatic rings. The van der Waals surface area contributed by atoms with E-state index in [-0.39, 0.29) is 5.56 Å². The van der Waals surface area contributed by atoms with Crippen molar-refractivity contribution in [3.8, 4) is 5.75 Å². The summed E-state index contributed by atoms with van der Waals surface area (Å²) < 4.78 is 44.6. The lowest BCUT2D eigenvalue weighted by molar-refractivity contribution is -0.137. The number of piperazine rings is 1. The van der Waals surface area contributed by atoms with Crippen LogP contribution in [-0.2, 0) is 6.18 Å². The molecule has 0 amide bonds. The summed E-state index contributed by atoms with van der Waals surface area (Å²) in [6.07, 6.45) is -4.08. The van der Waals surface area contributed by atoms with Crippen LogP contribution in [0, 0.1) is 0 Å². The molecular formula is C21H21F3N2O2. The van der Waals surface area contributed by atoms with Gasteiger partial charge in [-0.1, -0.05) is 12.1 Å². The fraction of sp³-hybridized carbons (Fsp3) is 0.333. The fourth-order valence-corrected chi connectivity index (χ4v) is 3.63. The molecule has 7 heteroatoms. The Hall–Kier alpha value is -2.51. The Kier molecular flexibility index (Phi) is 4.81. The Labute approximate surface area is 161 Å². The van der Waals surface area contributed by atoms with Gasteiger partial charge in [-0.3, -0.25) is 0 Å². The molecule has 0 saturated carbocycles. The van der Waals surface area contributed by atoms with Gasteiger partial charge in [0.25, 0.3) is 0 Å². The van der Waals surface area contributed by atoms with Crippen LogP contribution in [0.15, 0.2) is 42.5 Å². The van der Waals surface area contributed by atoms with Crippen LogP contribution in [0.5, 0.6) is 5.75 Å². The number of benzene rings is 2. The molecule has 4 nitrogen and oxygen atoms in total. The predicted octanol–water partition coefficient (Wildman–Crippen LogP) is 3.75. The number of hydrogen-bond donors (Lipinski definition) is 2. The van der Waals surface area contributed by atoms with Crippen molar-refractivity contribution in [3.05, 3.63) is 59.2 Å². The Morgan fingerprint density at radius 3 is 2.75 bits per heavy atom. The van der Waals surface area contributed by atoms with Crippen molar-refractivity contribution in [2.24, 2.45) is 0 Å². The smallest absolute Gasteiger partial charge is 0.416 e. The van der Waals surface area contributed by atoms with Gasteiger partial charge >= 0.3 is 6.18 Å². The number of halogens is 3. The van der Waals surface area contributed by atoms with Crippen molar-refractivity contribution in [2.45, 2.75) is 25.4 Å². The average Bonchev–Trinajstić information content (AvgIpc) is 2.66. The molecule has 1 saturated heterocycles. The first-order valence-corrected chi connectivity index (χ1v) is 9.17. The van der Waals surface area contributed by atoms with Gasteiger partial charge in [0.15, 0.2) is 0 Å². The maximum absolute atomic E-state index is 13.0. The van der Waals surface area contributed by atoms with Crippen LogP contribution in [0.4, 0.5) is 18.9 Å². The molecule has 2 aromatic carbocycles. The molecule has 2 atom stereocenters. The van der Waals surface area contributed by atoms with Crippen LogP contribution in [0.2, 0.25) is 0 Å². The Morgan fingerprint density at radius 1 is 1.18 bits per heavy atom. The number of ether oxygens (including phenoxy) is 1. The van der Waals surface area contributed by atoms with E-state index >= 15 is 0 Å². The van der Waals surface area contributed by atoms with Gasteiger partial charge in [-0.25, -0.2) is 0 Å². The molecule has 28 heavy (non-hydrogen) atoms. The van der Waals surface area contributed by atoms with E-state index in [4.69, 9.17) is 4.74 Å². The van der Waals surface area contributed by atoms with Crippen LogP contribution in [-0.4, -0.2) is 37.1 Å². The SMILES string of the molecule is C[C@H]1CN(c2ccc3c(c2)OC(O)C(c2cccc(C(F)(F)F)c2)=C3)CCN1. The molecule has 0 spiro atoms. The van der Waals surface area contributed by atoms with Crippen LogP contribution < -0.4 is 15.0 Å². The zero-order valence-electron chi connectivity index (χ0n) is 15.3. The monoisotopic (exact) mass is 390 g/mol. The highest BCUT2D eigenvalue weighted by molar-refractivity contribution is 5.87. The third-order valence-corrected chi connectivity index (χ3v) is 5.07. The minimum Gasteiger partial charge on any atom is -0.460 e. The van der Waals surface area contributed by atoms with E-state index in [1.807, 2.05) is 18.2 Å². The first kappa shape index (κ1) is 18.8. The lowest BCUT2D eigenvalue weighted by atomic mass is 9.97. The zero-order chi connectivity index (χ0) is 19.9. The van der Waals surface area contributed by atoms with E-state index in [9.17, 15) is 18.3 Å². The van der Waals surface area contributed by atoms with Crippen LogP contribution >= 0.6 is 0 Å². The highest BCUT2D eigenvalue weighted by Gasteiger charge is 2.31. The minimum absolute atomic E-state index is 0.285. The zero-order valence-corrected chi connectivity index (χ0v) is 15.3. The minimum atomic E-state index is -4.44. The van der Waals surface area contributed by atoms with Crippen molar-refractivity contribution >= 4 is 17.3 Å². The van der Waals surface area contributed by atoms with E-state index in [0.717, 1.165) is 43.0 Å². The number of nitrogens with one attached hydrogen (secondary N) is 1. The van der Waals surface area contributed by atoms with E-state index in [2.05, 4.69) is 17.1 Å². The normalized spacial score (nSPS) is 22.3. The third-order valence-electron chi connectivity index (χ3n) is 5.07. The van der Waals surface area contributed by atoms with Crippen LogP contribution in [0.25, 0.3) is 11.6 Å². The molecular weight excluding hydrogens is 369 g/mol. The Bertz CT molecular complexity index is 911. The second-order valence-electron chi connectivity index (χ2n) is 7.17. The molecule has 2 heterocycles. The van der Waals surface area contributed by atoms with Gasteiger partial charge in [0.05, 0.1) is 5.56 Å². The number of aliphatic hydroxyl groups excluding tert-OH is 1. The highest BCUT2D eigenvalue weighted by atomic mass is 19.4. The van der Waals surface area contributed by atoms with Gasteiger partial charge < -0.3 is 20.1 Å². The molecule has 1 unspecified atom stereocenters. The first-order chi connectivity index (χ1) is 13.3. The summed E-state index contributed by atoms with van der Waals surface area (Å²) in [6, 6.07) is 11.0. The molecule has 4 rings (SSSR count). The number of aliphatic hydroxyl groups is 1. The van der Waals surface area contributed by atoms with Gasteiger partial charge in [0.2, 0.25) is 6.29 Å². The second-order valence-corrected chi connectivity index (χ2v) is 7.17. The van der Waals surface area contributed by atoms with Crippen molar-refractivity contribution in [2.75, 3.05) is 24.5 Å². The fourth-order valence-electron chi connectivity index (χ4n) is 3.63. The topological polar surface area (TPSA) is 44.7 Å². The molecule has 1 fully saturated rings. The maximum atomic E-state index is 13.0. The largest absolute Gasteiger partial charge is 0.460 e. The summed E-state index contributed by atoms with van der Waals surface area (Å²) >= 11 is 0. The summed E-state index contributed by atoms with van der Waals surface area (Å²) in [5.41, 5.74) is 1.56. The van der Waals surface area contributed by atoms with Gasteiger partial charge in [-0.15, -0.1) is 0 Å². The van der Waals surface area contributed by atoms with E-state index < -0.39 is 18.0 Å². The van der Waals surface area contributed by atoms with Crippen molar-refractivity contribution in [1.82, 2.24) is 5.32 Å². The molecule has 0 aliphatic carbocycles. The summed E-state index contributed by atoms with van der Waals surface area (Å²) in [4.78, 5) is 2.24. The number of hydrogen-bond acceptors (Lipinski definition) is 4.